The molecule has 6 nitrogen and oxygen atoms in total. The predicted molar refractivity (Wildman–Crippen MR) is 131 cm³/mol. The second-order valence-electron chi connectivity index (χ2n) is 7.14. The number of aliphatic imine (C=N–C) groups is 1. The Labute approximate surface area is 196 Å². The van der Waals surface area contributed by atoms with Crippen LogP contribution in [0.3, 0.4) is 0 Å². The van der Waals surface area contributed by atoms with Crippen LogP contribution in [0.15, 0.2) is 59.6 Å². The van der Waals surface area contributed by atoms with E-state index in [-0.39, 0.29) is 29.4 Å². The normalized spacial score (nSPS) is 15.6. The summed E-state index contributed by atoms with van der Waals surface area (Å²) in [6.45, 7) is 3.58. The molecule has 1 aliphatic rings. The number of rotatable bonds is 8. The maximum atomic E-state index is 5.73. The van der Waals surface area contributed by atoms with Crippen LogP contribution in [0.25, 0.3) is 0 Å². The zero-order valence-corrected chi connectivity index (χ0v) is 20.1. The van der Waals surface area contributed by atoms with E-state index in [0.717, 1.165) is 50.1 Å². The number of hydrogen-bond acceptors (Lipinski definition) is 4. The second kappa shape index (κ2) is 12.6. The molecule has 30 heavy (non-hydrogen) atoms. The van der Waals surface area contributed by atoms with E-state index in [1.54, 1.807) is 14.2 Å². The summed E-state index contributed by atoms with van der Waals surface area (Å²) in [5, 5.41) is 6.83. The fourth-order valence-electron chi connectivity index (χ4n) is 3.60. The number of halogens is 1. The lowest BCUT2D eigenvalue weighted by Gasteiger charge is -2.38. The summed E-state index contributed by atoms with van der Waals surface area (Å²) >= 11 is 0. The summed E-state index contributed by atoms with van der Waals surface area (Å²) in [6.07, 6.45) is 1.95. The van der Waals surface area contributed by atoms with Gasteiger partial charge < -0.3 is 24.8 Å². The minimum Gasteiger partial charge on any atom is -0.497 e. The average molecular weight is 525 g/mol. The van der Waals surface area contributed by atoms with Gasteiger partial charge in [0.15, 0.2) is 5.96 Å². The third-order valence-electron chi connectivity index (χ3n) is 5.38. The van der Waals surface area contributed by atoms with Crippen molar-refractivity contribution in [2.45, 2.75) is 18.3 Å². The first kappa shape index (κ1) is 24.3. The van der Waals surface area contributed by atoms with Gasteiger partial charge in [0.1, 0.15) is 18.1 Å². The van der Waals surface area contributed by atoms with Gasteiger partial charge in [-0.15, -0.1) is 24.0 Å². The Morgan fingerprint density at radius 1 is 1.00 bits per heavy atom. The van der Waals surface area contributed by atoms with Crippen molar-refractivity contribution >= 4 is 29.9 Å². The fraction of sp³-hybridized carbons (Fsp3) is 0.435. The van der Waals surface area contributed by atoms with Gasteiger partial charge in [0.2, 0.25) is 0 Å². The van der Waals surface area contributed by atoms with Crippen molar-refractivity contribution in [3.63, 3.8) is 0 Å². The van der Waals surface area contributed by atoms with Crippen LogP contribution in [-0.4, -0.2) is 53.0 Å². The van der Waals surface area contributed by atoms with Crippen LogP contribution in [0.1, 0.15) is 18.4 Å². The minimum atomic E-state index is 0. The average Bonchev–Trinajstić information content (AvgIpc) is 2.80. The monoisotopic (exact) mass is 525 g/mol. The van der Waals surface area contributed by atoms with Gasteiger partial charge in [-0.25, -0.2) is 0 Å². The molecular formula is C23H32IN3O3. The third-order valence-corrected chi connectivity index (χ3v) is 5.38. The Hall–Kier alpha value is -2.00. The number of nitrogens with zero attached hydrogens (tertiary/aromatic N) is 1. The topological polar surface area (TPSA) is 64.1 Å². The summed E-state index contributed by atoms with van der Waals surface area (Å²) in [5.41, 5.74) is 1.32. The zero-order valence-electron chi connectivity index (χ0n) is 17.7. The van der Waals surface area contributed by atoms with E-state index < -0.39 is 0 Å². The molecule has 0 aliphatic carbocycles. The molecule has 0 atom stereocenters. The van der Waals surface area contributed by atoms with Gasteiger partial charge in [-0.3, -0.25) is 4.99 Å². The van der Waals surface area contributed by atoms with Crippen molar-refractivity contribution in [2.75, 3.05) is 47.1 Å². The molecule has 0 spiro atoms. The Kier molecular flexibility index (Phi) is 10.2. The van der Waals surface area contributed by atoms with Gasteiger partial charge in [-0.05, 0) is 42.7 Å². The second-order valence-corrected chi connectivity index (χ2v) is 7.14. The highest BCUT2D eigenvalue weighted by Gasteiger charge is 2.34. The predicted octanol–water partition coefficient (Wildman–Crippen LogP) is 3.61. The molecule has 0 amide bonds. The van der Waals surface area contributed by atoms with Crippen LogP contribution in [0, 0.1) is 0 Å². The molecular weight excluding hydrogens is 493 g/mol. The van der Waals surface area contributed by atoms with E-state index in [2.05, 4.69) is 27.8 Å². The van der Waals surface area contributed by atoms with Crippen molar-refractivity contribution in [1.82, 2.24) is 10.6 Å². The van der Waals surface area contributed by atoms with Gasteiger partial charge >= 0.3 is 0 Å². The maximum absolute atomic E-state index is 5.73. The Morgan fingerprint density at radius 3 is 2.33 bits per heavy atom. The van der Waals surface area contributed by atoms with Crippen LogP contribution in [0.2, 0.25) is 0 Å². The summed E-state index contributed by atoms with van der Waals surface area (Å²) in [7, 11) is 3.48. The summed E-state index contributed by atoms with van der Waals surface area (Å²) in [5.74, 6) is 2.53. The SMILES string of the molecule is CN=C(NCCOc1ccccc1)NCC1(c2ccc(OC)cc2)CCOCC1.I. The van der Waals surface area contributed by atoms with Gasteiger partial charge in [-0.2, -0.15) is 0 Å². The molecule has 2 N–H and O–H groups in total. The molecule has 1 heterocycles. The minimum absolute atomic E-state index is 0. The molecule has 0 radical (unpaired) electrons. The van der Waals surface area contributed by atoms with Crippen molar-refractivity contribution in [3.8, 4) is 11.5 Å². The van der Waals surface area contributed by atoms with Crippen molar-refractivity contribution in [3.05, 3.63) is 60.2 Å². The largest absolute Gasteiger partial charge is 0.497 e. The molecule has 7 heteroatoms. The summed E-state index contributed by atoms with van der Waals surface area (Å²) in [4.78, 5) is 4.36. The van der Waals surface area contributed by atoms with Gasteiger partial charge in [-0.1, -0.05) is 30.3 Å². The van der Waals surface area contributed by atoms with Crippen molar-refractivity contribution in [1.29, 1.82) is 0 Å². The van der Waals surface area contributed by atoms with E-state index in [1.807, 2.05) is 42.5 Å². The van der Waals surface area contributed by atoms with E-state index >= 15 is 0 Å². The number of nitrogens with one attached hydrogen (secondary N) is 2. The molecule has 1 fully saturated rings. The maximum Gasteiger partial charge on any atom is 0.191 e. The van der Waals surface area contributed by atoms with Crippen LogP contribution in [0.4, 0.5) is 0 Å². The smallest absolute Gasteiger partial charge is 0.191 e. The van der Waals surface area contributed by atoms with Crippen LogP contribution in [-0.2, 0) is 10.2 Å². The molecule has 2 aromatic carbocycles. The van der Waals surface area contributed by atoms with E-state index in [4.69, 9.17) is 14.2 Å². The highest BCUT2D eigenvalue weighted by atomic mass is 127. The van der Waals surface area contributed by atoms with Gasteiger partial charge in [0.25, 0.3) is 0 Å². The Morgan fingerprint density at radius 2 is 1.70 bits per heavy atom. The number of methoxy groups -OCH3 is 1. The van der Waals surface area contributed by atoms with E-state index in [0.29, 0.717) is 13.2 Å². The number of ether oxygens (including phenoxy) is 3. The first-order valence-electron chi connectivity index (χ1n) is 10.1. The first-order valence-corrected chi connectivity index (χ1v) is 10.1. The number of para-hydroxylation sites is 1. The van der Waals surface area contributed by atoms with E-state index in [1.165, 1.54) is 5.56 Å². The summed E-state index contributed by atoms with van der Waals surface area (Å²) in [6, 6.07) is 18.2. The third kappa shape index (κ3) is 6.77. The van der Waals surface area contributed by atoms with E-state index in [9.17, 15) is 0 Å². The zero-order chi connectivity index (χ0) is 20.4. The quantitative estimate of drug-likeness (QED) is 0.239. The number of guanidine groups is 1. The number of benzene rings is 2. The molecule has 164 valence electrons. The Bertz CT molecular complexity index is 763. The molecule has 0 unspecified atom stereocenters. The highest BCUT2D eigenvalue weighted by molar-refractivity contribution is 14.0. The highest BCUT2D eigenvalue weighted by Crippen LogP contribution is 2.35. The lowest BCUT2D eigenvalue weighted by molar-refractivity contribution is 0.0513. The molecule has 0 aromatic heterocycles. The van der Waals surface area contributed by atoms with Crippen LogP contribution >= 0.6 is 24.0 Å². The molecule has 1 aliphatic heterocycles. The number of hydrogen-bond donors (Lipinski definition) is 2. The lowest BCUT2D eigenvalue weighted by Crippen LogP contribution is -2.48. The molecule has 1 saturated heterocycles. The molecule has 3 rings (SSSR count). The Balaban J connectivity index is 0.00000320. The van der Waals surface area contributed by atoms with Crippen LogP contribution < -0.4 is 20.1 Å². The van der Waals surface area contributed by atoms with Crippen molar-refractivity contribution in [2.24, 2.45) is 4.99 Å². The lowest BCUT2D eigenvalue weighted by atomic mass is 9.74. The van der Waals surface area contributed by atoms with Crippen LogP contribution in [0.5, 0.6) is 11.5 Å². The van der Waals surface area contributed by atoms with Crippen molar-refractivity contribution < 1.29 is 14.2 Å². The molecule has 2 aromatic rings. The molecule has 0 bridgehead atoms. The standard InChI is InChI=1S/C23H31N3O3.HI/c1-24-22(25-14-17-29-21-6-4-3-5-7-21)26-18-23(12-15-28-16-13-23)19-8-10-20(27-2)11-9-19;/h3-11H,12-18H2,1-2H3,(H2,24,25,26);1H. The first-order chi connectivity index (χ1) is 14.3. The fourth-order valence-corrected chi connectivity index (χ4v) is 3.60. The van der Waals surface area contributed by atoms with Gasteiger partial charge in [0, 0.05) is 32.2 Å². The van der Waals surface area contributed by atoms with Gasteiger partial charge in [0.05, 0.1) is 13.7 Å². The molecule has 0 saturated carbocycles. The summed E-state index contributed by atoms with van der Waals surface area (Å²) < 4.78 is 16.7.